The van der Waals surface area contributed by atoms with E-state index in [0.29, 0.717) is 41.5 Å². The molecule has 3 amide bonds. The van der Waals surface area contributed by atoms with Gasteiger partial charge in [-0.1, -0.05) is 57.2 Å². The number of likely N-dealkylation sites (tertiary alicyclic amines) is 3. The van der Waals surface area contributed by atoms with Gasteiger partial charge in [0, 0.05) is 67.4 Å². The Balaban J connectivity index is 0.692. The molecule has 16 nitrogen and oxygen atoms in total. The Bertz CT molecular complexity index is 2620. The largest absolute Gasteiger partial charge is 0.507 e. The number of piperidine rings is 2. The van der Waals surface area contributed by atoms with E-state index in [1.165, 1.54) is 17.7 Å². The number of aromatic hydroxyl groups is 1. The number of aryl methyl sites for hydroxylation is 1. The second-order valence-electron chi connectivity index (χ2n) is 21.6. The number of rotatable bonds is 14. The first-order valence-electron chi connectivity index (χ1n) is 25.6. The smallest absolute Gasteiger partial charge is 0.246 e. The van der Waals surface area contributed by atoms with Crippen molar-refractivity contribution in [1.29, 1.82) is 0 Å². The summed E-state index contributed by atoms with van der Waals surface area (Å²) in [5, 5.41) is 40.3. The standard InChI is InChI=1S/C54H71N11O5S/c1-34-48(71-33-57-34)38-11-9-35(10-12-38)27-56-52(69)46-25-42(66)32-65(46)53(70)49(54(2,3)4)59-51(68)39-13-15-41(16-14-39)63-23-19-36(20-24-63)29-62-21-17-37(18-22-62)30-64-31-40(28-58-64)44-26-45(60-61-50(44)55)43-7-5-6-8-47(43)67/h5-12,26,28,31,33,36-37,39,41-42,46,49,66-67H,13-25,27,29-30,32H2,1-4H3,(H2,55,61)(H,56,69)(H,59,68)/t39-,41-,42-,46+,49-/m1/s1. The lowest BCUT2D eigenvalue weighted by atomic mass is 9.81. The van der Waals surface area contributed by atoms with Gasteiger partial charge < -0.3 is 41.3 Å². The van der Waals surface area contributed by atoms with Gasteiger partial charge in [-0.25, -0.2) is 4.98 Å². The van der Waals surface area contributed by atoms with Crippen LogP contribution in [0, 0.1) is 30.1 Å². The highest BCUT2D eigenvalue weighted by Crippen LogP contribution is 2.35. The maximum atomic E-state index is 14.3. The number of amides is 3. The number of aliphatic hydroxyl groups is 1. The number of para-hydroxylation sites is 1. The average molecular weight is 986 g/mol. The fourth-order valence-corrected chi connectivity index (χ4v) is 12.1. The van der Waals surface area contributed by atoms with Crippen molar-refractivity contribution in [1.82, 2.24) is 50.3 Å². The summed E-state index contributed by atoms with van der Waals surface area (Å²) in [5.74, 6) is 0.797. The molecule has 378 valence electrons. The van der Waals surface area contributed by atoms with E-state index >= 15 is 0 Å². The third-order valence-electron chi connectivity index (χ3n) is 15.5. The fraction of sp³-hybridized carbons (Fsp3) is 0.537. The number of phenols is 1. The zero-order valence-corrected chi connectivity index (χ0v) is 42.5. The number of aromatic nitrogens is 5. The van der Waals surface area contributed by atoms with Crippen molar-refractivity contribution in [2.45, 2.75) is 123 Å². The van der Waals surface area contributed by atoms with Gasteiger partial charge in [0.05, 0.1) is 34.1 Å². The maximum absolute atomic E-state index is 14.3. The molecule has 3 saturated heterocycles. The van der Waals surface area contributed by atoms with E-state index in [1.54, 1.807) is 23.5 Å². The molecule has 4 aliphatic rings. The minimum Gasteiger partial charge on any atom is -0.507 e. The average Bonchev–Trinajstić information content (AvgIpc) is 4.13. The molecule has 0 unspecified atom stereocenters. The number of phenolic OH excluding ortho intramolecular Hbond substituents is 1. The lowest BCUT2D eigenvalue weighted by Gasteiger charge is -2.42. The predicted molar refractivity (Wildman–Crippen MR) is 276 cm³/mol. The highest BCUT2D eigenvalue weighted by Gasteiger charge is 2.45. The minimum atomic E-state index is -0.838. The molecular weight excluding hydrogens is 915 g/mol. The summed E-state index contributed by atoms with van der Waals surface area (Å²) < 4.78 is 2.02. The molecule has 6 heterocycles. The van der Waals surface area contributed by atoms with Gasteiger partial charge in [-0.3, -0.25) is 19.1 Å². The number of aliphatic hydroxyl groups excluding tert-OH is 1. The third-order valence-corrected chi connectivity index (χ3v) is 16.5. The third kappa shape index (κ3) is 12.0. The molecule has 0 bridgehead atoms. The minimum absolute atomic E-state index is 0.0477. The number of nitrogen functional groups attached to an aromatic ring is 1. The number of β-amino-alcohol motifs (C(OH)–C–C–N with tert-alkyl or cyclic N) is 1. The Labute approximate surface area is 421 Å². The Morgan fingerprint density at radius 3 is 2.25 bits per heavy atom. The molecule has 6 N–H and O–H groups in total. The van der Waals surface area contributed by atoms with Gasteiger partial charge in [0.2, 0.25) is 17.7 Å². The summed E-state index contributed by atoms with van der Waals surface area (Å²) in [6.45, 7) is 14.5. The van der Waals surface area contributed by atoms with Crippen molar-refractivity contribution in [3.05, 3.63) is 83.8 Å². The van der Waals surface area contributed by atoms with E-state index in [0.717, 1.165) is 111 Å². The van der Waals surface area contributed by atoms with Crippen LogP contribution in [-0.2, 0) is 27.5 Å². The second kappa shape index (κ2) is 21.9. The van der Waals surface area contributed by atoms with E-state index in [-0.39, 0.29) is 42.4 Å². The summed E-state index contributed by atoms with van der Waals surface area (Å²) in [7, 11) is 0. The van der Waals surface area contributed by atoms with Crippen LogP contribution >= 0.6 is 11.3 Å². The summed E-state index contributed by atoms with van der Waals surface area (Å²) >= 11 is 1.59. The number of thiazole rings is 1. The highest BCUT2D eigenvalue weighted by molar-refractivity contribution is 7.13. The number of nitrogens with one attached hydrogen (secondary N) is 2. The molecule has 9 rings (SSSR count). The number of hydrogen-bond donors (Lipinski definition) is 5. The van der Waals surface area contributed by atoms with Gasteiger partial charge in [-0.05, 0) is 131 Å². The predicted octanol–water partition coefficient (Wildman–Crippen LogP) is 6.52. The van der Waals surface area contributed by atoms with Crippen LogP contribution in [0.5, 0.6) is 5.75 Å². The highest BCUT2D eigenvalue weighted by atomic mass is 32.1. The van der Waals surface area contributed by atoms with Crippen molar-refractivity contribution in [2.75, 3.05) is 45.0 Å². The monoisotopic (exact) mass is 986 g/mol. The van der Waals surface area contributed by atoms with Gasteiger partial charge in [-0.15, -0.1) is 21.5 Å². The van der Waals surface area contributed by atoms with E-state index in [1.807, 2.05) is 92.7 Å². The zero-order chi connectivity index (χ0) is 49.8. The SMILES string of the molecule is Cc1ncsc1-c1ccc(CNC(=O)[C@@H]2C[C@@H](O)CN2C(=O)[C@@H](NC(=O)[C@H]2CC[C@H](N3CCC(CN4CCC(Cn5cc(-c6cc(-c7ccccc7O)nnc6N)cn5)CC4)CC3)CC2)C(C)(C)C)cc1. The number of benzene rings is 2. The lowest BCUT2D eigenvalue weighted by molar-refractivity contribution is -0.144. The van der Waals surface area contributed by atoms with Crippen LogP contribution in [0.2, 0.25) is 0 Å². The van der Waals surface area contributed by atoms with Crippen LogP contribution in [0.3, 0.4) is 0 Å². The normalized spacial score (nSPS) is 22.4. The van der Waals surface area contributed by atoms with Crippen LogP contribution < -0.4 is 16.4 Å². The maximum Gasteiger partial charge on any atom is 0.246 e. The zero-order valence-electron chi connectivity index (χ0n) is 41.7. The van der Waals surface area contributed by atoms with Crippen LogP contribution in [0.15, 0.2) is 72.5 Å². The van der Waals surface area contributed by atoms with E-state index in [2.05, 4.69) is 40.7 Å². The summed E-state index contributed by atoms with van der Waals surface area (Å²) in [6.07, 6.45) is 11.3. The molecule has 3 aromatic heterocycles. The molecule has 71 heavy (non-hydrogen) atoms. The van der Waals surface area contributed by atoms with Crippen LogP contribution in [-0.4, -0.2) is 131 Å². The molecule has 2 aromatic carbocycles. The van der Waals surface area contributed by atoms with Gasteiger partial charge in [0.1, 0.15) is 17.8 Å². The molecule has 3 atom stereocenters. The van der Waals surface area contributed by atoms with Crippen LogP contribution in [0.25, 0.3) is 32.8 Å². The van der Waals surface area contributed by atoms with Crippen LogP contribution in [0.4, 0.5) is 5.82 Å². The van der Waals surface area contributed by atoms with Gasteiger partial charge >= 0.3 is 0 Å². The molecule has 17 heteroatoms. The summed E-state index contributed by atoms with van der Waals surface area (Å²) in [4.78, 5) is 54.1. The van der Waals surface area contributed by atoms with Crippen LogP contribution in [0.1, 0.15) is 89.8 Å². The number of nitrogens with zero attached hydrogens (tertiary/aromatic N) is 8. The quantitative estimate of drug-likeness (QED) is 0.0807. The van der Waals surface area contributed by atoms with Crippen molar-refractivity contribution in [3.8, 4) is 38.6 Å². The van der Waals surface area contributed by atoms with E-state index in [9.17, 15) is 24.6 Å². The number of nitrogens with two attached hydrogens (primary N) is 1. The Kier molecular flexibility index (Phi) is 15.5. The molecule has 5 aromatic rings. The van der Waals surface area contributed by atoms with Gasteiger partial charge in [0.25, 0.3) is 0 Å². The molecule has 4 fully saturated rings. The Morgan fingerprint density at radius 1 is 0.859 bits per heavy atom. The van der Waals surface area contributed by atoms with E-state index in [4.69, 9.17) is 5.73 Å². The number of carbonyl (C=O) groups is 3. The molecule has 0 radical (unpaired) electrons. The topological polar surface area (TPSA) is 208 Å². The molecule has 1 saturated carbocycles. The first-order valence-corrected chi connectivity index (χ1v) is 26.5. The summed E-state index contributed by atoms with van der Waals surface area (Å²) in [6, 6.07) is 15.7. The first kappa shape index (κ1) is 50.2. The van der Waals surface area contributed by atoms with Gasteiger partial charge in [-0.2, -0.15) is 5.10 Å². The van der Waals surface area contributed by atoms with Crippen molar-refractivity contribution in [2.24, 2.45) is 23.2 Å². The molecule has 0 spiro atoms. The van der Waals surface area contributed by atoms with Gasteiger partial charge in [0.15, 0.2) is 5.82 Å². The van der Waals surface area contributed by atoms with E-state index < -0.39 is 23.6 Å². The second-order valence-corrected chi connectivity index (χ2v) is 22.5. The summed E-state index contributed by atoms with van der Waals surface area (Å²) in [5.41, 5.74) is 13.2. The first-order chi connectivity index (χ1) is 34.2. The Hall–Kier alpha value is -5.75. The Morgan fingerprint density at radius 2 is 1.56 bits per heavy atom. The van der Waals surface area contributed by atoms with Crippen molar-refractivity contribution < 1.29 is 24.6 Å². The van der Waals surface area contributed by atoms with Crippen molar-refractivity contribution >= 4 is 34.9 Å². The molecule has 1 aliphatic carbocycles. The lowest BCUT2D eigenvalue weighted by Crippen LogP contribution is -2.58. The number of anilines is 1. The fourth-order valence-electron chi connectivity index (χ4n) is 11.3. The number of carbonyl (C=O) groups excluding carboxylic acids is 3. The molecule has 3 aliphatic heterocycles. The molecular formula is C54H71N11O5S. The van der Waals surface area contributed by atoms with Crippen molar-refractivity contribution in [3.63, 3.8) is 0 Å². The number of hydrogen-bond acceptors (Lipinski definition) is 13.